The Balaban J connectivity index is 1.71. The van der Waals surface area contributed by atoms with Gasteiger partial charge in [0, 0.05) is 5.56 Å². The van der Waals surface area contributed by atoms with Crippen molar-refractivity contribution in [2.24, 2.45) is 0 Å². The Kier molecular flexibility index (Phi) is 4.92. The minimum absolute atomic E-state index is 0.0757. The van der Waals surface area contributed by atoms with Crippen LogP contribution in [-0.4, -0.2) is 23.3 Å². The molecule has 6 nitrogen and oxygen atoms in total. The zero-order valence-electron chi connectivity index (χ0n) is 13.9. The van der Waals surface area contributed by atoms with Crippen LogP contribution in [0, 0.1) is 11.6 Å². The Morgan fingerprint density at radius 1 is 1.08 bits per heavy atom. The molecule has 1 aromatic heterocycles. The van der Waals surface area contributed by atoms with Crippen LogP contribution in [0.5, 0.6) is 5.75 Å². The maximum absolute atomic E-state index is 13.2. The molecule has 26 heavy (non-hydrogen) atoms. The second kappa shape index (κ2) is 7.30. The summed E-state index contributed by atoms with van der Waals surface area (Å²) >= 11 is 0. The van der Waals surface area contributed by atoms with Crippen LogP contribution in [0.2, 0.25) is 0 Å². The van der Waals surface area contributed by atoms with E-state index in [-0.39, 0.29) is 17.3 Å². The van der Waals surface area contributed by atoms with E-state index in [1.807, 2.05) is 0 Å². The SMILES string of the molecule is COc1ccc(-c2nnc([C@@H](C)OC(=O)c3ccc(F)c(F)c3)o2)cc1. The van der Waals surface area contributed by atoms with Gasteiger partial charge in [0.1, 0.15) is 5.75 Å². The van der Waals surface area contributed by atoms with E-state index in [1.54, 1.807) is 31.4 Å². The number of hydrogen-bond acceptors (Lipinski definition) is 6. The Morgan fingerprint density at radius 2 is 1.81 bits per heavy atom. The molecule has 0 radical (unpaired) electrons. The van der Waals surface area contributed by atoms with Gasteiger partial charge in [0.15, 0.2) is 17.7 Å². The maximum atomic E-state index is 13.2. The van der Waals surface area contributed by atoms with Crippen molar-refractivity contribution in [1.82, 2.24) is 10.2 Å². The Bertz CT molecular complexity index is 925. The molecule has 3 rings (SSSR count). The van der Waals surface area contributed by atoms with Gasteiger partial charge in [-0.05, 0) is 49.4 Å². The first kappa shape index (κ1) is 17.5. The monoisotopic (exact) mass is 360 g/mol. The second-order valence-corrected chi connectivity index (χ2v) is 5.35. The van der Waals surface area contributed by atoms with Crippen molar-refractivity contribution in [3.8, 4) is 17.2 Å². The number of hydrogen-bond donors (Lipinski definition) is 0. The lowest BCUT2D eigenvalue weighted by Crippen LogP contribution is -2.10. The van der Waals surface area contributed by atoms with Crippen LogP contribution in [0.4, 0.5) is 8.78 Å². The summed E-state index contributed by atoms with van der Waals surface area (Å²) in [5.41, 5.74) is 0.550. The van der Waals surface area contributed by atoms with Crippen molar-refractivity contribution in [2.75, 3.05) is 7.11 Å². The molecule has 2 aromatic carbocycles. The van der Waals surface area contributed by atoms with E-state index in [9.17, 15) is 13.6 Å². The van der Waals surface area contributed by atoms with E-state index in [0.717, 1.165) is 18.2 Å². The van der Waals surface area contributed by atoms with Crippen molar-refractivity contribution >= 4 is 5.97 Å². The average Bonchev–Trinajstić information content (AvgIpc) is 3.14. The van der Waals surface area contributed by atoms with Crippen LogP contribution >= 0.6 is 0 Å². The molecule has 0 aliphatic heterocycles. The zero-order chi connectivity index (χ0) is 18.7. The molecule has 134 valence electrons. The van der Waals surface area contributed by atoms with Crippen molar-refractivity contribution < 1.29 is 27.5 Å². The zero-order valence-corrected chi connectivity index (χ0v) is 13.9. The van der Waals surface area contributed by atoms with E-state index in [0.29, 0.717) is 11.3 Å². The Labute approximate surface area is 147 Å². The van der Waals surface area contributed by atoms with Crippen molar-refractivity contribution in [1.29, 1.82) is 0 Å². The summed E-state index contributed by atoms with van der Waals surface area (Å²) in [6.45, 7) is 1.53. The summed E-state index contributed by atoms with van der Waals surface area (Å²) < 4.78 is 41.9. The first-order chi connectivity index (χ1) is 12.5. The summed E-state index contributed by atoms with van der Waals surface area (Å²) in [5.74, 6) is -2.00. The molecule has 1 heterocycles. The fourth-order valence-corrected chi connectivity index (χ4v) is 2.15. The maximum Gasteiger partial charge on any atom is 0.339 e. The summed E-state index contributed by atoms with van der Waals surface area (Å²) in [7, 11) is 1.56. The fourth-order valence-electron chi connectivity index (χ4n) is 2.15. The molecular weight excluding hydrogens is 346 g/mol. The third-order valence-electron chi connectivity index (χ3n) is 3.56. The minimum atomic E-state index is -1.13. The number of methoxy groups -OCH3 is 1. The van der Waals surface area contributed by atoms with Gasteiger partial charge in [-0.3, -0.25) is 0 Å². The fraction of sp³-hybridized carbons (Fsp3) is 0.167. The summed E-state index contributed by atoms with van der Waals surface area (Å²) in [6.07, 6.45) is -0.866. The lowest BCUT2D eigenvalue weighted by molar-refractivity contribution is 0.0279. The summed E-state index contributed by atoms with van der Waals surface area (Å²) in [5, 5.41) is 7.76. The molecule has 0 N–H and O–H groups in total. The van der Waals surface area contributed by atoms with Gasteiger partial charge in [-0.15, -0.1) is 10.2 Å². The van der Waals surface area contributed by atoms with Crippen molar-refractivity contribution in [3.63, 3.8) is 0 Å². The number of ether oxygens (including phenoxy) is 2. The van der Waals surface area contributed by atoms with Crippen LogP contribution < -0.4 is 4.74 Å². The molecule has 0 amide bonds. The van der Waals surface area contributed by atoms with Gasteiger partial charge in [0.05, 0.1) is 12.7 Å². The van der Waals surface area contributed by atoms with Crippen molar-refractivity contribution in [2.45, 2.75) is 13.0 Å². The second-order valence-electron chi connectivity index (χ2n) is 5.35. The molecule has 0 fully saturated rings. The van der Waals surface area contributed by atoms with Crippen LogP contribution in [0.3, 0.4) is 0 Å². The smallest absolute Gasteiger partial charge is 0.339 e. The highest BCUT2D eigenvalue weighted by molar-refractivity contribution is 5.89. The highest BCUT2D eigenvalue weighted by atomic mass is 19.2. The van der Waals surface area contributed by atoms with E-state index in [2.05, 4.69) is 10.2 Å². The first-order valence-corrected chi connectivity index (χ1v) is 7.62. The summed E-state index contributed by atoms with van der Waals surface area (Å²) in [4.78, 5) is 12.0. The van der Waals surface area contributed by atoms with Crippen LogP contribution in [0.15, 0.2) is 46.9 Å². The lowest BCUT2D eigenvalue weighted by Gasteiger charge is -2.09. The van der Waals surface area contributed by atoms with Gasteiger partial charge in [-0.25, -0.2) is 13.6 Å². The number of halogens is 2. The van der Waals surface area contributed by atoms with E-state index in [4.69, 9.17) is 13.9 Å². The van der Waals surface area contributed by atoms with Gasteiger partial charge >= 0.3 is 5.97 Å². The molecule has 0 saturated carbocycles. The molecule has 8 heteroatoms. The first-order valence-electron chi connectivity index (χ1n) is 7.62. The van der Waals surface area contributed by atoms with Gasteiger partial charge in [0.2, 0.25) is 5.89 Å². The van der Waals surface area contributed by atoms with Gasteiger partial charge in [0.25, 0.3) is 5.89 Å². The molecule has 0 saturated heterocycles. The molecular formula is C18H14F2N2O4. The molecule has 1 atom stereocenters. The van der Waals surface area contributed by atoms with Gasteiger partial charge in [-0.2, -0.15) is 0 Å². The largest absolute Gasteiger partial charge is 0.497 e. The molecule has 0 unspecified atom stereocenters. The predicted molar refractivity (Wildman–Crippen MR) is 86.5 cm³/mol. The molecule has 0 aliphatic carbocycles. The number of aromatic nitrogens is 2. The third kappa shape index (κ3) is 3.69. The normalized spacial score (nSPS) is 11.8. The predicted octanol–water partition coefficient (Wildman–Crippen LogP) is 3.94. The van der Waals surface area contributed by atoms with E-state index >= 15 is 0 Å². The molecule has 3 aromatic rings. The van der Waals surface area contributed by atoms with E-state index in [1.165, 1.54) is 6.92 Å². The van der Waals surface area contributed by atoms with Gasteiger partial charge in [-0.1, -0.05) is 0 Å². The quantitative estimate of drug-likeness (QED) is 0.642. The van der Waals surface area contributed by atoms with Crippen LogP contribution in [0.25, 0.3) is 11.5 Å². The van der Waals surface area contributed by atoms with Crippen LogP contribution in [0.1, 0.15) is 29.3 Å². The Morgan fingerprint density at radius 3 is 2.46 bits per heavy atom. The number of benzene rings is 2. The van der Waals surface area contributed by atoms with Gasteiger partial charge < -0.3 is 13.9 Å². The lowest BCUT2D eigenvalue weighted by atomic mass is 10.2. The average molecular weight is 360 g/mol. The highest BCUT2D eigenvalue weighted by Crippen LogP contribution is 2.25. The van der Waals surface area contributed by atoms with Crippen molar-refractivity contribution in [3.05, 3.63) is 65.6 Å². The standard InChI is InChI=1S/C18H14F2N2O4/c1-10(25-18(23)12-5-8-14(19)15(20)9-12)16-21-22-17(26-16)11-3-6-13(24-2)7-4-11/h3-10H,1-2H3/t10-/m1/s1. The number of esters is 1. The summed E-state index contributed by atoms with van der Waals surface area (Å²) in [6, 6.07) is 9.72. The Hall–Kier alpha value is -3.29. The van der Waals surface area contributed by atoms with E-state index < -0.39 is 23.7 Å². The molecule has 0 spiro atoms. The third-order valence-corrected chi connectivity index (χ3v) is 3.56. The number of carbonyl (C=O) groups is 1. The minimum Gasteiger partial charge on any atom is -0.497 e. The molecule has 0 aliphatic rings. The topological polar surface area (TPSA) is 74.5 Å². The highest BCUT2D eigenvalue weighted by Gasteiger charge is 2.20. The van der Waals surface area contributed by atoms with Crippen LogP contribution in [-0.2, 0) is 4.74 Å². The molecule has 0 bridgehead atoms. The number of nitrogens with zero attached hydrogens (tertiary/aromatic N) is 2. The number of rotatable bonds is 5. The number of carbonyl (C=O) groups excluding carboxylic acids is 1.